The molecule has 0 radical (unpaired) electrons. The van der Waals surface area contributed by atoms with Gasteiger partial charge in [0.05, 0.1) is 0 Å². The first-order chi connectivity index (χ1) is 9.74. The summed E-state index contributed by atoms with van der Waals surface area (Å²) in [6.07, 6.45) is 0. The summed E-state index contributed by atoms with van der Waals surface area (Å²) < 4.78 is 0. The molecule has 0 saturated carbocycles. The number of hydrogen-bond acceptors (Lipinski definition) is 2. The van der Waals surface area contributed by atoms with Crippen LogP contribution in [0.4, 0.5) is 0 Å². The van der Waals surface area contributed by atoms with Crippen LogP contribution in [0.15, 0.2) is 72.8 Å². The van der Waals surface area contributed by atoms with Crippen LogP contribution in [0.3, 0.4) is 0 Å². The van der Waals surface area contributed by atoms with E-state index in [-0.39, 0.29) is 6.54 Å². The molecule has 3 N–H and O–H groups in total. The van der Waals surface area contributed by atoms with Crippen molar-refractivity contribution in [3.8, 4) is 0 Å². The molecule has 1 unspecified atom stereocenters. The van der Waals surface area contributed by atoms with Crippen molar-refractivity contribution in [2.45, 2.75) is 5.60 Å². The molecule has 0 aliphatic rings. The van der Waals surface area contributed by atoms with E-state index in [9.17, 15) is 5.11 Å². The van der Waals surface area contributed by atoms with E-state index in [1.54, 1.807) is 0 Å². The van der Waals surface area contributed by atoms with Crippen LogP contribution in [0.5, 0.6) is 0 Å². The van der Waals surface area contributed by atoms with Gasteiger partial charge in [0, 0.05) is 6.54 Å². The molecule has 0 bridgehead atoms. The van der Waals surface area contributed by atoms with Crippen molar-refractivity contribution in [3.63, 3.8) is 0 Å². The van der Waals surface area contributed by atoms with E-state index in [0.29, 0.717) is 0 Å². The Morgan fingerprint density at radius 3 is 2.10 bits per heavy atom. The predicted molar refractivity (Wildman–Crippen MR) is 82.4 cm³/mol. The predicted octanol–water partition coefficient (Wildman–Crippen LogP) is 3.03. The Hall–Kier alpha value is -2.16. The molecule has 0 aromatic heterocycles. The van der Waals surface area contributed by atoms with Gasteiger partial charge in [0.15, 0.2) is 0 Å². The lowest BCUT2D eigenvalue weighted by molar-refractivity contribution is 0.0904. The quantitative estimate of drug-likeness (QED) is 0.763. The van der Waals surface area contributed by atoms with E-state index in [1.807, 2.05) is 66.7 Å². The molecule has 0 aliphatic carbocycles. The Balaban J connectivity index is 2.16. The zero-order valence-electron chi connectivity index (χ0n) is 11.2. The smallest absolute Gasteiger partial charge is 0.127 e. The number of hydrogen-bond donors (Lipinski definition) is 2. The number of nitrogens with two attached hydrogens (primary N) is 1. The largest absolute Gasteiger partial charge is 0.379 e. The van der Waals surface area contributed by atoms with Crippen molar-refractivity contribution < 1.29 is 5.11 Å². The van der Waals surface area contributed by atoms with Crippen LogP contribution < -0.4 is 5.73 Å². The topological polar surface area (TPSA) is 46.2 Å². The number of aliphatic hydroxyl groups is 1. The second-order valence-corrected chi connectivity index (χ2v) is 4.99. The molecule has 0 spiro atoms. The van der Waals surface area contributed by atoms with E-state index in [1.165, 1.54) is 0 Å². The maximum Gasteiger partial charge on any atom is 0.127 e. The monoisotopic (exact) mass is 263 g/mol. The van der Waals surface area contributed by atoms with Crippen LogP contribution in [0, 0.1) is 0 Å². The highest BCUT2D eigenvalue weighted by Crippen LogP contribution is 2.30. The van der Waals surface area contributed by atoms with Crippen LogP contribution in [0.25, 0.3) is 10.8 Å². The SMILES string of the molecule is NCC(O)(c1ccccc1)c1ccc2ccccc2c1. The molecule has 0 heterocycles. The molecule has 1 atom stereocenters. The Bertz CT molecular complexity index is 724. The molecule has 20 heavy (non-hydrogen) atoms. The summed E-state index contributed by atoms with van der Waals surface area (Å²) in [6.45, 7) is 0.148. The minimum Gasteiger partial charge on any atom is -0.379 e. The summed E-state index contributed by atoms with van der Waals surface area (Å²) >= 11 is 0. The summed E-state index contributed by atoms with van der Waals surface area (Å²) in [7, 11) is 0. The maximum atomic E-state index is 11.0. The van der Waals surface area contributed by atoms with Crippen molar-refractivity contribution in [2.75, 3.05) is 6.54 Å². The Kier molecular flexibility index (Phi) is 3.26. The first kappa shape index (κ1) is 12.9. The minimum atomic E-state index is -1.15. The van der Waals surface area contributed by atoms with Crippen LogP contribution >= 0.6 is 0 Å². The van der Waals surface area contributed by atoms with E-state index in [2.05, 4.69) is 6.07 Å². The zero-order chi connectivity index (χ0) is 14.0. The lowest BCUT2D eigenvalue weighted by atomic mass is 9.85. The molecule has 0 fully saturated rings. The fourth-order valence-electron chi connectivity index (χ4n) is 2.56. The minimum absolute atomic E-state index is 0.148. The first-order valence-corrected chi connectivity index (χ1v) is 6.71. The highest BCUT2D eigenvalue weighted by Gasteiger charge is 2.29. The van der Waals surface area contributed by atoms with Crippen LogP contribution in [-0.2, 0) is 5.60 Å². The van der Waals surface area contributed by atoms with Gasteiger partial charge in [0.1, 0.15) is 5.60 Å². The third kappa shape index (κ3) is 2.09. The Labute approximate surface area is 118 Å². The van der Waals surface area contributed by atoms with Gasteiger partial charge < -0.3 is 10.8 Å². The summed E-state index contributed by atoms with van der Waals surface area (Å²) in [5, 5.41) is 13.3. The molecule has 100 valence electrons. The fraction of sp³-hybridized carbons (Fsp3) is 0.111. The van der Waals surface area contributed by atoms with Gasteiger partial charge in [-0.1, -0.05) is 66.7 Å². The normalized spacial score (nSPS) is 14.1. The first-order valence-electron chi connectivity index (χ1n) is 6.71. The van der Waals surface area contributed by atoms with Crippen molar-refractivity contribution in [3.05, 3.63) is 83.9 Å². The van der Waals surface area contributed by atoms with Crippen LogP contribution in [-0.4, -0.2) is 11.7 Å². The van der Waals surface area contributed by atoms with Crippen molar-refractivity contribution >= 4 is 10.8 Å². The van der Waals surface area contributed by atoms with Gasteiger partial charge in [-0.3, -0.25) is 0 Å². The average molecular weight is 263 g/mol. The fourth-order valence-corrected chi connectivity index (χ4v) is 2.56. The standard InChI is InChI=1S/C18H17NO/c19-13-18(20,16-8-2-1-3-9-16)17-11-10-14-6-4-5-7-15(14)12-17/h1-12,20H,13,19H2. The van der Waals surface area contributed by atoms with Gasteiger partial charge in [-0.25, -0.2) is 0 Å². The molecule has 0 saturated heterocycles. The molecule has 3 aromatic rings. The van der Waals surface area contributed by atoms with Gasteiger partial charge >= 0.3 is 0 Å². The lowest BCUT2D eigenvalue weighted by Gasteiger charge is -2.28. The molecule has 3 aromatic carbocycles. The van der Waals surface area contributed by atoms with Gasteiger partial charge in [0.25, 0.3) is 0 Å². The van der Waals surface area contributed by atoms with E-state index >= 15 is 0 Å². The van der Waals surface area contributed by atoms with Gasteiger partial charge in [-0.2, -0.15) is 0 Å². The van der Waals surface area contributed by atoms with Crippen molar-refractivity contribution in [1.29, 1.82) is 0 Å². The molecular formula is C18H17NO. The molecule has 2 nitrogen and oxygen atoms in total. The van der Waals surface area contributed by atoms with Crippen molar-refractivity contribution in [2.24, 2.45) is 5.73 Å². The zero-order valence-corrected chi connectivity index (χ0v) is 11.2. The summed E-state index contributed by atoms with van der Waals surface area (Å²) in [6, 6.07) is 23.7. The van der Waals surface area contributed by atoms with Crippen LogP contribution in [0.2, 0.25) is 0 Å². The van der Waals surface area contributed by atoms with Gasteiger partial charge in [0.2, 0.25) is 0 Å². The third-order valence-corrected chi connectivity index (χ3v) is 3.77. The Morgan fingerprint density at radius 2 is 1.40 bits per heavy atom. The average Bonchev–Trinajstić information content (AvgIpc) is 2.54. The number of benzene rings is 3. The summed E-state index contributed by atoms with van der Waals surface area (Å²) in [5.41, 5.74) is 6.36. The van der Waals surface area contributed by atoms with Gasteiger partial charge in [-0.15, -0.1) is 0 Å². The molecule has 2 heteroatoms. The number of rotatable bonds is 3. The lowest BCUT2D eigenvalue weighted by Crippen LogP contribution is -2.36. The van der Waals surface area contributed by atoms with Crippen LogP contribution in [0.1, 0.15) is 11.1 Å². The highest BCUT2D eigenvalue weighted by atomic mass is 16.3. The second-order valence-electron chi connectivity index (χ2n) is 4.99. The van der Waals surface area contributed by atoms with E-state index in [4.69, 9.17) is 5.73 Å². The maximum absolute atomic E-state index is 11.0. The molecular weight excluding hydrogens is 246 g/mol. The highest BCUT2D eigenvalue weighted by molar-refractivity contribution is 5.83. The second kappa shape index (κ2) is 5.08. The van der Waals surface area contributed by atoms with Crippen molar-refractivity contribution in [1.82, 2.24) is 0 Å². The molecule has 0 amide bonds. The third-order valence-electron chi connectivity index (χ3n) is 3.77. The molecule has 0 aliphatic heterocycles. The van der Waals surface area contributed by atoms with E-state index in [0.717, 1.165) is 21.9 Å². The number of fused-ring (bicyclic) bond motifs is 1. The Morgan fingerprint density at radius 1 is 0.750 bits per heavy atom. The molecule has 3 rings (SSSR count). The summed E-state index contributed by atoms with van der Waals surface area (Å²) in [5.74, 6) is 0. The van der Waals surface area contributed by atoms with Gasteiger partial charge in [-0.05, 0) is 28.0 Å². The van der Waals surface area contributed by atoms with E-state index < -0.39 is 5.60 Å². The summed E-state index contributed by atoms with van der Waals surface area (Å²) in [4.78, 5) is 0.